The fraction of sp³-hybridized carbons (Fsp3) is 0.133. The Morgan fingerprint density at radius 3 is 2.55 bits per heavy atom. The second kappa shape index (κ2) is 5.89. The van der Waals surface area contributed by atoms with E-state index < -0.39 is 11.6 Å². The van der Waals surface area contributed by atoms with Gasteiger partial charge in [0.05, 0.1) is 22.3 Å². The maximum Gasteiger partial charge on any atom is 0.159 e. The second-order valence-corrected chi connectivity index (χ2v) is 4.75. The average molecular weight is 293 g/mol. The highest BCUT2D eigenvalue weighted by molar-refractivity contribution is 6.33. The van der Waals surface area contributed by atoms with Crippen molar-refractivity contribution >= 4 is 17.3 Å². The maximum absolute atomic E-state index is 13.2. The van der Waals surface area contributed by atoms with E-state index >= 15 is 0 Å². The van der Waals surface area contributed by atoms with Crippen LogP contribution in [-0.2, 0) is 0 Å². The number of nitriles is 1. The number of hydrogen-bond donors (Lipinski definition) is 1. The summed E-state index contributed by atoms with van der Waals surface area (Å²) >= 11 is 6.04. The third-order valence-corrected chi connectivity index (χ3v) is 3.24. The number of nitrogens with zero attached hydrogens (tertiary/aromatic N) is 1. The van der Waals surface area contributed by atoms with Crippen LogP contribution in [0.25, 0.3) is 0 Å². The zero-order valence-corrected chi connectivity index (χ0v) is 11.4. The van der Waals surface area contributed by atoms with Crippen molar-refractivity contribution in [3.63, 3.8) is 0 Å². The van der Waals surface area contributed by atoms with Gasteiger partial charge in [-0.3, -0.25) is 0 Å². The zero-order valence-electron chi connectivity index (χ0n) is 10.6. The molecule has 0 saturated carbocycles. The number of halogens is 3. The predicted molar refractivity (Wildman–Crippen MR) is 74.6 cm³/mol. The Labute approximate surface area is 120 Å². The lowest BCUT2D eigenvalue weighted by molar-refractivity contribution is 0.506. The number of hydrogen-bond acceptors (Lipinski definition) is 2. The van der Waals surface area contributed by atoms with Gasteiger partial charge in [0.25, 0.3) is 0 Å². The summed E-state index contributed by atoms with van der Waals surface area (Å²) in [7, 11) is 0. The van der Waals surface area contributed by atoms with Crippen molar-refractivity contribution in [1.29, 1.82) is 5.26 Å². The molecule has 2 aromatic rings. The molecule has 2 rings (SSSR count). The Morgan fingerprint density at radius 2 is 1.90 bits per heavy atom. The van der Waals surface area contributed by atoms with E-state index in [1.54, 1.807) is 25.1 Å². The van der Waals surface area contributed by atoms with Crippen LogP contribution < -0.4 is 5.32 Å². The fourth-order valence-electron chi connectivity index (χ4n) is 1.80. The molecule has 0 aliphatic rings. The van der Waals surface area contributed by atoms with Crippen LogP contribution in [0.5, 0.6) is 0 Å². The smallest absolute Gasteiger partial charge is 0.159 e. The fourth-order valence-corrected chi connectivity index (χ4v) is 1.98. The van der Waals surface area contributed by atoms with Crippen molar-refractivity contribution in [2.45, 2.75) is 13.0 Å². The van der Waals surface area contributed by atoms with E-state index in [2.05, 4.69) is 5.32 Å². The molecule has 0 fully saturated rings. The van der Waals surface area contributed by atoms with Crippen molar-refractivity contribution in [1.82, 2.24) is 0 Å². The molecular formula is C15H11ClF2N2. The van der Waals surface area contributed by atoms with E-state index in [4.69, 9.17) is 16.9 Å². The lowest BCUT2D eigenvalue weighted by Gasteiger charge is -2.17. The van der Waals surface area contributed by atoms with Crippen molar-refractivity contribution < 1.29 is 8.78 Å². The molecule has 1 N–H and O–H groups in total. The molecular weight excluding hydrogens is 282 g/mol. The third kappa shape index (κ3) is 3.06. The first-order valence-electron chi connectivity index (χ1n) is 5.92. The van der Waals surface area contributed by atoms with Crippen LogP contribution in [0.4, 0.5) is 14.5 Å². The average Bonchev–Trinajstić information content (AvgIpc) is 2.44. The van der Waals surface area contributed by atoms with Gasteiger partial charge in [0.15, 0.2) is 11.6 Å². The normalized spacial score (nSPS) is 11.8. The van der Waals surface area contributed by atoms with Gasteiger partial charge in [0.2, 0.25) is 0 Å². The minimum atomic E-state index is -0.895. The Morgan fingerprint density at radius 1 is 1.15 bits per heavy atom. The van der Waals surface area contributed by atoms with E-state index in [0.29, 0.717) is 21.8 Å². The molecule has 0 saturated heterocycles. The standard InChI is InChI=1S/C15H11ClF2N2/c1-9(11-3-5-13(17)14(18)7-11)20-15-6-10(8-19)2-4-12(15)16/h2-7,9,20H,1H3. The van der Waals surface area contributed by atoms with Gasteiger partial charge < -0.3 is 5.32 Å². The summed E-state index contributed by atoms with van der Waals surface area (Å²) in [5.41, 5.74) is 1.62. The molecule has 1 unspecified atom stereocenters. The Balaban J connectivity index is 2.25. The van der Waals surface area contributed by atoms with Gasteiger partial charge in [-0.1, -0.05) is 17.7 Å². The van der Waals surface area contributed by atoms with Gasteiger partial charge in [0.1, 0.15) is 0 Å². The minimum Gasteiger partial charge on any atom is -0.377 e. The Bertz CT molecular complexity index is 680. The zero-order chi connectivity index (χ0) is 14.7. The quantitative estimate of drug-likeness (QED) is 0.893. The minimum absolute atomic E-state index is 0.281. The summed E-state index contributed by atoms with van der Waals surface area (Å²) in [6.45, 7) is 1.79. The summed E-state index contributed by atoms with van der Waals surface area (Å²) in [5.74, 6) is -1.78. The monoisotopic (exact) mass is 292 g/mol. The first-order valence-corrected chi connectivity index (χ1v) is 6.30. The van der Waals surface area contributed by atoms with Crippen molar-refractivity contribution in [2.24, 2.45) is 0 Å². The van der Waals surface area contributed by atoms with Gasteiger partial charge >= 0.3 is 0 Å². The number of rotatable bonds is 3. The highest BCUT2D eigenvalue weighted by atomic mass is 35.5. The van der Waals surface area contributed by atoms with Gasteiger partial charge in [-0.15, -0.1) is 0 Å². The van der Waals surface area contributed by atoms with E-state index in [9.17, 15) is 8.78 Å². The molecule has 0 bridgehead atoms. The van der Waals surface area contributed by atoms with Gasteiger partial charge in [-0.2, -0.15) is 5.26 Å². The van der Waals surface area contributed by atoms with Crippen LogP contribution in [0.2, 0.25) is 5.02 Å². The molecule has 102 valence electrons. The lowest BCUT2D eigenvalue weighted by Crippen LogP contribution is -2.08. The maximum atomic E-state index is 13.2. The summed E-state index contributed by atoms with van der Waals surface area (Å²) in [4.78, 5) is 0. The molecule has 0 heterocycles. The van der Waals surface area contributed by atoms with Crippen LogP contribution in [0.3, 0.4) is 0 Å². The Hall–Kier alpha value is -2.12. The number of benzene rings is 2. The molecule has 20 heavy (non-hydrogen) atoms. The van der Waals surface area contributed by atoms with Crippen molar-refractivity contribution in [2.75, 3.05) is 5.32 Å². The van der Waals surface area contributed by atoms with Gasteiger partial charge in [0, 0.05) is 6.04 Å². The largest absolute Gasteiger partial charge is 0.377 e. The highest BCUT2D eigenvalue weighted by Gasteiger charge is 2.11. The van der Waals surface area contributed by atoms with E-state index in [1.807, 2.05) is 6.07 Å². The number of anilines is 1. The molecule has 5 heteroatoms. The van der Waals surface area contributed by atoms with Crippen LogP contribution >= 0.6 is 11.6 Å². The van der Waals surface area contributed by atoms with Gasteiger partial charge in [-0.05, 0) is 42.8 Å². The topological polar surface area (TPSA) is 35.8 Å². The first-order chi connectivity index (χ1) is 9.51. The van der Waals surface area contributed by atoms with Crippen molar-refractivity contribution in [3.05, 3.63) is 64.2 Å². The first kappa shape index (κ1) is 14.3. The molecule has 2 nitrogen and oxygen atoms in total. The highest BCUT2D eigenvalue weighted by Crippen LogP contribution is 2.27. The second-order valence-electron chi connectivity index (χ2n) is 4.35. The van der Waals surface area contributed by atoms with Gasteiger partial charge in [-0.25, -0.2) is 8.78 Å². The third-order valence-electron chi connectivity index (χ3n) is 2.91. The molecule has 0 aliphatic heterocycles. The summed E-state index contributed by atoms with van der Waals surface area (Å²) in [5, 5.41) is 12.4. The molecule has 0 aromatic heterocycles. The van der Waals surface area contributed by atoms with Crippen LogP contribution in [-0.4, -0.2) is 0 Å². The van der Waals surface area contributed by atoms with E-state index in [0.717, 1.165) is 12.1 Å². The molecule has 0 spiro atoms. The van der Waals surface area contributed by atoms with E-state index in [1.165, 1.54) is 6.07 Å². The number of nitrogens with one attached hydrogen (secondary N) is 1. The van der Waals surface area contributed by atoms with Crippen LogP contribution in [0, 0.1) is 23.0 Å². The molecule has 0 aliphatic carbocycles. The van der Waals surface area contributed by atoms with E-state index in [-0.39, 0.29) is 6.04 Å². The lowest BCUT2D eigenvalue weighted by atomic mass is 10.1. The Kier molecular flexibility index (Phi) is 4.21. The molecule has 0 radical (unpaired) electrons. The SMILES string of the molecule is CC(Nc1cc(C#N)ccc1Cl)c1ccc(F)c(F)c1. The summed E-state index contributed by atoms with van der Waals surface area (Å²) in [6, 6.07) is 10.3. The molecule has 2 aromatic carbocycles. The van der Waals surface area contributed by atoms with Crippen LogP contribution in [0.15, 0.2) is 36.4 Å². The summed E-state index contributed by atoms with van der Waals surface area (Å²) in [6.07, 6.45) is 0. The van der Waals surface area contributed by atoms with Crippen LogP contribution in [0.1, 0.15) is 24.1 Å². The molecule has 1 atom stereocenters. The van der Waals surface area contributed by atoms with Crippen molar-refractivity contribution in [3.8, 4) is 6.07 Å². The summed E-state index contributed by atoms with van der Waals surface area (Å²) < 4.78 is 26.1. The predicted octanol–water partition coefficient (Wildman–Crippen LogP) is 4.66. The molecule has 0 amide bonds.